The van der Waals surface area contributed by atoms with E-state index in [1.165, 1.54) is 6.07 Å². The van der Waals surface area contributed by atoms with Crippen LogP contribution < -0.4 is 5.32 Å². The second-order valence-electron chi connectivity index (χ2n) is 4.29. The van der Waals surface area contributed by atoms with Gasteiger partial charge in [-0.1, -0.05) is 6.07 Å². The topological polar surface area (TPSA) is 29.9 Å². The van der Waals surface area contributed by atoms with Crippen molar-refractivity contribution in [1.82, 2.24) is 14.9 Å². The van der Waals surface area contributed by atoms with Crippen molar-refractivity contribution in [2.45, 2.75) is 26.1 Å². The molecule has 1 atom stereocenters. The lowest BCUT2D eigenvalue weighted by molar-refractivity contribution is 0.476. The molecule has 2 aromatic rings. The molecule has 0 unspecified atom stereocenters. The van der Waals surface area contributed by atoms with Gasteiger partial charge in [0.15, 0.2) is 0 Å². The average Bonchev–Trinajstić information content (AvgIpc) is 2.83. The first-order valence-electron chi connectivity index (χ1n) is 5.78. The fourth-order valence-corrected chi connectivity index (χ4v) is 2.14. The van der Waals surface area contributed by atoms with Crippen LogP contribution in [0.25, 0.3) is 0 Å². The summed E-state index contributed by atoms with van der Waals surface area (Å²) in [5, 5.41) is 3.39. The van der Waals surface area contributed by atoms with Crippen molar-refractivity contribution in [3.8, 4) is 0 Å². The van der Waals surface area contributed by atoms with Crippen molar-refractivity contribution in [3.05, 3.63) is 52.8 Å². The predicted molar refractivity (Wildman–Crippen MR) is 72.6 cm³/mol. The molecule has 0 aliphatic heterocycles. The van der Waals surface area contributed by atoms with Crippen LogP contribution in [0.2, 0.25) is 0 Å². The molecule has 1 N–H and O–H groups in total. The Morgan fingerprint density at radius 2 is 2.33 bits per heavy atom. The molecule has 2 rings (SSSR count). The first kappa shape index (κ1) is 13.2. The van der Waals surface area contributed by atoms with Crippen LogP contribution in [0.1, 0.15) is 12.5 Å². The lowest BCUT2D eigenvalue weighted by Gasteiger charge is -2.14. The first-order valence-corrected chi connectivity index (χ1v) is 6.57. The van der Waals surface area contributed by atoms with Gasteiger partial charge in [-0.15, -0.1) is 0 Å². The number of aromatic nitrogens is 2. The number of nitrogens with zero attached hydrogens (tertiary/aromatic N) is 2. The van der Waals surface area contributed by atoms with E-state index in [0.717, 1.165) is 18.7 Å². The van der Waals surface area contributed by atoms with Crippen LogP contribution in [-0.4, -0.2) is 15.6 Å². The maximum Gasteiger partial charge on any atom is 0.137 e. The number of rotatable bonds is 5. The van der Waals surface area contributed by atoms with E-state index in [9.17, 15) is 4.39 Å². The fourth-order valence-electron chi connectivity index (χ4n) is 1.72. The van der Waals surface area contributed by atoms with E-state index < -0.39 is 0 Å². The molecule has 0 aliphatic carbocycles. The maximum absolute atomic E-state index is 13.1. The summed E-state index contributed by atoms with van der Waals surface area (Å²) < 4.78 is 15.6. The largest absolute Gasteiger partial charge is 0.336 e. The first-order chi connectivity index (χ1) is 8.65. The summed E-state index contributed by atoms with van der Waals surface area (Å²) in [5.41, 5.74) is 1.06. The van der Waals surface area contributed by atoms with Crippen LogP contribution in [0.4, 0.5) is 4.39 Å². The van der Waals surface area contributed by atoms with Crippen molar-refractivity contribution >= 4 is 15.9 Å². The van der Waals surface area contributed by atoms with Gasteiger partial charge in [-0.2, -0.15) is 0 Å². The number of nitrogens with one attached hydrogen (secondary N) is 1. The van der Waals surface area contributed by atoms with Crippen molar-refractivity contribution in [3.63, 3.8) is 0 Å². The third kappa shape index (κ3) is 3.65. The fraction of sp³-hybridized carbons (Fsp3) is 0.308. The molecule has 1 aromatic carbocycles. The van der Waals surface area contributed by atoms with Crippen LogP contribution in [-0.2, 0) is 13.1 Å². The molecule has 0 spiro atoms. The molecule has 18 heavy (non-hydrogen) atoms. The van der Waals surface area contributed by atoms with Crippen LogP contribution in [0, 0.1) is 5.82 Å². The van der Waals surface area contributed by atoms with Crippen LogP contribution >= 0.6 is 15.9 Å². The number of hydrogen-bond acceptors (Lipinski definition) is 2. The van der Waals surface area contributed by atoms with Gasteiger partial charge < -0.3 is 9.88 Å². The molecule has 1 heterocycles. The van der Waals surface area contributed by atoms with E-state index in [2.05, 4.69) is 33.2 Å². The minimum Gasteiger partial charge on any atom is -0.336 e. The molecular weight excluding hydrogens is 297 g/mol. The zero-order chi connectivity index (χ0) is 13.0. The summed E-state index contributed by atoms with van der Waals surface area (Å²) >= 11 is 3.19. The van der Waals surface area contributed by atoms with E-state index in [0.29, 0.717) is 10.5 Å². The average molecular weight is 312 g/mol. The standard InChI is InChI=1S/C13H15BrFN3/c1-10(8-18-5-4-16-9-18)17-7-11-2-3-13(15)12(14)6-11/h2-6,9-10,17H,7-8H2,1H3/t10-/m0/s1. The molecule has 0 fully saturated rings. The van der Waals surface area contributed by atoms with E-state index >= 15 is 0 Å². The molecule has 0 bridgehead atoms. The van der Waals surface area contributed by atoms with Crippen LogP contribution in [0.3, 0.4) is 0 Å². The van der Waals surface area contributed by atoms with Crippen LogP contribution in [0.5, 0.6) is 0 Å². The number of hydrogen-bond donors (Lipinski definition) is 1. The SMILES string of the molecule is C[C@@H](Cn1ccnc1)NCc1ccc(F)c(Br)c1. The Hall–Kier alpha value is -1.20. The summed E-state index contributed by atoms with van der Waals surface area (Å²) in [6.07, 6.45) is 5.50. The van der Waals surface area contributed by atoms with Gasteiger partial charge in [0.25, 0.3) is 0 Å². The highest BCUT2D eigenvalue weighted by molar-refractivity contribution is 9.10. The number of benzene rings is 1. The molecule has 1 aromatic heterocycles. The Morgan fingerprint density at radius 1 is 1.50 bits per heavy atom. The second-order valence-corrected chi connectivity index (χ2v) is 5.14. The minimum atomic E-state index is -0.231. The van der Waals surface area contributed by atoms with Gasteiger partial charge in [0.05, 0.1) is 10.8 Å². The zero-order valence-electron chi connectivity index (χ0n) is 10.1. The summed E-state index contributed by atoms with van der Waals surface area (Å²) in [7, 11) is 0. The van der Waals surface area contributed by atoms with E-state index in [1.807, 2.05) is 10.8 Å². The number of halogens is 2. The van der Waals surface area contributed by atoms with Crippen molar-refractivity contribution < 1.29 is 4.39 Å². The van der Waals surface area contributed by atoms with Crippen molar-refractivity contribution in [2.24, 2.45) is 0 Å². The van der Waals surface area contributed by atoms with Crippen molar-refractivity contribution in [2.75, 3.05) is 0 Å². The van der Waals surface area contributed by atoms with E-state index in [4.69, 9.17) is 0 Å². The predicted octanol–water partition coefficient (Wildman–Crippen LogP) is 2.96. The quantitative estimate of drug-likeness (QED) is 0.920. The van der Waals surface area contributed by atoms with Gasteiger partial charge in [-0.3, -0.25) is 0 Å². The van der Waals surface area contributed by atoms with Gasteiger partial charge in [0.2, 0.25) is 0 Å². The van der Waals surface area contributed by atoms with Gasteiger partial charge in [-0.25, -0.2) is 9.37 Å². The van der Waals surface area contributed by atoms with E-state index in [1.54, 1.807) is 24.7 Å². The maximum atomic E-state index is 13.1. The Balaban J connectivity index is 1.85. The Labute approximate surface area is 114 Å². The highest BCUT2D eigenvalue weighted by Crippen LogP contribution is 2.16. The third-order valence-electron chi connectivity index (χ3n) is 2.68. The summed E-state index contributed by atoms with van der Waals surface area (Å²) in [4.78, 5) is 4.00. The van der Waals surface area contributed by atoms with Gasteiger partial charge in [-0.05, 0) is 40.5 Å². The smallest absolute Gasteiger partial charge is 0.137 e. The molecule has 96 valence electrons. The van der Waals surface area contributed by atoms with Gasteiger partial charge in [0, 0.05) is 31.5 Å². The molecule has 0 aliphatic rings. The summed E-state index contributed by atoms with van der Waals surface area (Å²) in [5.74, 6) is -0.231. The zero-order valence-corrected chi connectivity index (χ0v) is 11.7. The Morgan fingerprint density at radius 3 is 3.00 bits per heavy atom. The van der Waals surface area contributed by atoms with Crippen LogP contribution in [0.15, 0.2) is 41.4 Å². The minimum absolute atomic E-state index is 0.231. The normalized spacial score (nSPS) is 12.6. The molecule has 0 radical (unpaired) electrons. The monoisotopic (exact) mass is 311 g/mol. The van der Waals surface area contributed by atoms with Gasteiger partial charge >= 0.3 is 0 Å². The Bertz CT molecular complexity index is 499. The third-order valence-corrected chi connectivity index (χ3v) is 3.29. The van der Waals surface area contributed by atoms with Gasteiger partial charge in [0.1, 0.15) is 5.82 Å². The second kappa shape index (κ2) is 6.11. The molecule has 3 nitrogen and oxygen atoms in total. The lowest BCUT2D eigenvalue weighted by Crippen LogP contribution is -2.29. The highest BCUT2D eigenvalue weighted by atomic mass is 79.9. The molecule has 5 heteroatoms. The molecular formula is C13H15BrFN3. The highest BCUT2D eigenvalue weighted by Gasteiger charge is 2.04. The lowest BCUT2D eigenvalue weighted by atomic mass is 10.2. The van der Waals surface area contributed by atoms with Crippen molar-refractivity contribution in [1.29, 1.82) is 0 Å². The molecule has 0 saturated carbocycles. The summed E-state index contributed by atoms with van der Waals surface area (Å²) in [6, 6.07) is 5.38. The number of imidazole rings is 1. The molecule has 0 amide bonds. The van der Waals surface area contributed by atoms with E-state index in [-0.39, 0.29) is 5.82 Å². The molecule has 0 saturated heterocycles. The Kier molecular flexibility index (Phi) is 4.49. The summed E-state index contributed by atoms with van der Waals surface area (Å²) in [6.45, 7) is 3.69.